The predicted octanol–water partition coefficient (Wildman–Crippen LogP) is 4.24. The maximum atomic E-state index is 6.05. The van der Waals surface area contributed by atoms with Gasteiger partial charge in [-0.3, -0.25) is 4.98 Å². The van der Waals surface area contributed by atoms with Crippen LogP contribution in [0.15, 0.2) is 36.5 Å². The standard InChI is InChI=1S/C18H24N2O/c1-13(2)11-19-12-16-10-14(3)7-8-18(16)21-17-6-5-9-20-15(17)4/h5-10,13,19H,11-12H2,1-4H3. The highest BCUT2D eigenvalue weighted by molar-refractivity contribution is 5.41. The number of aromatic nitrogens is 1. The number of pyridine rings is 1. The average molecular weight is 284 g/mol. The summed E-state index contributed by atoms with van der Waals surface area (Å²) in [6.45, 7) is 10.3. The van der Waals surface area contributed by atoms with E-state index in [9.17, 15) is 0 Å². The molecule has 0 unspecified atom stereocenters. The number of hydrogen-bond donors (Lipinski definition) is 1. The summed E-state index contributed by atoms with van der Waals surface area (Å²) in [5, 5.41) is 3.47. The molecule has 0 aliphatic heterocycles. The van der Waals surface area contributed by atoms with E-state index in [0.29, 0.717) is 5.92 Å². The minimum atomic E-state index is 0.639. The Morgan fingerprint density at radius 3 is 2.67 bits per heavy atom. The van der Waals surface area contributed by atoms with Crippen LogP contribution in [-0.2, 0) is 6.54 Å². The Morgan fingerprint density at radius 2 is 1.95 bits per heavy atom. The van der Waals surface area contributed by atoms with E-state index in [2.05, 4.69) is 43.2 Å². The number of hydrogen-bond acceptors (Lipinski definition) is 3. The van der Waals surface area contributed by atoms with Crippen LogP contribution in [0.1, 0.15) is 30.7 Å². The third-order valence-electron chi connectivity index (χ3n) is 3.26. The summed E-state index contributed by atoms with van der Waals surface area (Å²) in [7, 11) is 0. The number of ether oxygens (including phenoxy) is 1. The monoisotopic (exact) mass is 284 g/mol. The van der Waals surface area contributed by atoms with Crippen LogP contribution in [0.2, 0.25) is 0 Å². The maximum absolute atomic E-state index is 6.05. The van der Waals surface area contributed by atoms with Crippen molar-refractivity contribution in [1.82, 2.24) is 10.3 Å². The van der Waals surface area contributed by atoms with Gasteiger partial charge < -0.3 is 10.1 Å². The maximum Gasteiger partial charge on any atom is 0.148 e. The van der Waals surface area contributed by atoms with Gasteiger partial charge in [0.1, 0.15) is 11.5 Å². The van der Waals surface area contributed by atoms with Gasteiger partial charge in [0, 0.05) is 18.3 Å². The molecule has 0 spiro atoms. The van der Waals surface area contributed by atoms with Crippen molar-refractivity contribution < 1.29 is 4.74 Å². The molecule has 21 heavy (non-hydrogen) atoms. The molecule has 3 nitrogen and oxygen atoms in total. The van der Waals surface area contributed by atoms with Gasteiger partial charge in [0.2, 0.25) is 0 Å². The first-order valence-corrected chi connectivity index (χ1v) is 7.46. The van der Waals surface area contributed by atoms with E-state index in [1.54, 1.807) is 6.20 Å². The first kappa shape index (κ1) is 15.5. The molecule has 0 aliphatic carbocycles. The van der Waals surface area contributed by atoms with Crippen LogP contribution >= 0.6 is 0 Å². The highest BCUT2D eigenvalue weighted by Crippen LogP contribution is 2.27. The van der Waals surface area contributed by atoms with Gasteiger partial charge in [0.15, 0.2) is 0 Å². The molecule has 2 aromatic rings. The molecule has 1 heterocycles. The number of nitrogens with one attached hydrogen (secondary N) is 1. The fraction of sp³-hybridized carbons (Fsp3) is 0.389. The van der Waals surface area contributed by atoms with Gasteiger partial charge in [0.25, 0.3) is 0 Å². The highest BCUT2D eigenvalue weighted by atomic mass is 16.5. The molecular formula is C18H24N2O. The molecule has 0 saturated heterocycles. The summed E-state index contributed by atoms with van der Waals surface area (Å²) < 4.78 is 6.05. The lowest BCUT2D eigenvalue weighted by Crippen LogP contribution is -2.19. The van der Waals surface area contributed by atoms with E-state index in [0.717, 1.165) is 30.3 Å². The van der Waals surface area contributed by atoms with E-state index in [4.69, 9.17) is 4.74 Å². The molecule has 0 atom stereocenters. The lowest BCUT2D eigenvalue weighted by molar-refractivity contribution is 0.463. The summed E-state index contributed by atoms with van der Waals surface area (Å²) in [4.78, 5) is 4.27. The predicted molar refractivity (Wildman–Crippen MR) is 86.8 cm³/mol. The van der Waals surface area contributed by atoms with Gasteiger partial charge in [-0.15, -0.1) is 0 Å². The molecule has 1 N–H and O–H groups in total. The van der Waals surface area contributed by atoms with E-state index < -0.39 is 0 Å². The molecule has 0 aliphatic rings. The molecule has 2 rings (SSSR count). The zero-order valence-electron chi connectivity index (χ0n) is 13.3. The van der Waals surface area contributed by atoms with Gasteiger partial charge in [-0.25, -0.2) is 0 Å². The van der Waals surface area contributed by atoms with Crippen molar-refractivity contribution in [2.75, 3.05) is 6.54 Å². The van der Waals surface area contributed by atoms with Crippen molar-refractivity contribution in [2.45, 2.75) is 34.2 Å². The largest absolute Gasteiger partial charge is 0.455 e. The number of nitrogens with zero attached hydrogens (tertiary/aromatic N) is 1. The van der Waals surface area contributed by atoms with Gasteiger partial charge in [-0.05, 0) is 44.5 Å². The fourth-order valence-electron chi connectivity index (χ4n) is 2.14. The van der Waals surface area contributed by atoms with E-state index in [1.165, 1.54) is 11.1 Å². The summed E-state index contributed by atoms with van der Waals surface area (Å²) in [5.74, 6) is 2.35. The Morgan fingerprint density at radius 1 is 1.14 bits per heavy atom. The number of benzene rings is 1. The van der Waals surface area contributed by atoms with Gasteiger partial charge >= 0.3 is 0 Å². The van der Waals surface area contributed by atoms with Crippen LogP contribution in [0.3, 0.4) is 0 Å². The molecule has 0 radical (unpaired) electrons. The minimum Gasteiger partial charge on any atom is -0.455 e. The Hall–Kier alpha value is -1.87. The fourth-order valence-corrected chi connectivity index (χ4v) is 2.14. The number of rotatable bonds is 6. The van der Waals surface area contributed by atoms with Crippen LogP contribution in [0, 0.1) is 19.8 Å². The van der Waals surface area contributed by atoms with Crippen molar-refractivity contribution in [3.63, 3.8) is 0 Å². The quantitative estimate of drug-likeness (QED) is 0.861. The zero-order valence-corrected chi connectivity index (χ0v) is 13.3. The van der Waals surface area contributed by atoms with E-state index >= 15 is 0 Å². The summed E-state index contributed by atoms with van der Waals surface area (Å²) >= 11 is 0. The Kier molecular flexibility index (Phi) is 5.34. The third kappa shape index (κ3) is 4.57. The van der Waals surface area contributed by atoms with Gasteiger partial charge in [0.05, 0.1) is 5.69 Å². The topological polar surface area (TPSA) is 34.1 Å². The smallest absolute Gasteiger partial charge is 0.148 e. The Labute approximate surface area is 127 Å². The van der Waals surface area contributed by atoms with Crippen molar-refractivity contribution in [3.05, 3.63) is 53.3 Å². The number of aryl methyl sites for hydroxylation is 2. The molecule has 0 bridgehead atoms. The Bertz CT molecular complexity index is 594. The summed E-state index contributed by atoms with van der Waals surface area (Å²) in [6, 6.07) is 10.1. The highest BCUT2D eigenvalue weighted by Gasteiger charge is 2.08. The van der Waals surface area contributed by atoms with Crippen LogP contribution < -0.4 is 10.1 Å². The van der Waals surface area contributed by atoms with E-state index in [-0.39, 0.29) is 0 Å². The molecule has 112 valence electrons. The lowest BCUT2D eigenvalue weighted by Gasteiger charge is -2.14. The Balaban J connectivity index is 2.16. The molecule has 3 heteroatoms. The first-order chi connectivity index (χ1) is 10.1. The van der Waals surface area contributed by atoms with Gasteiger partial charge in [-0.2, -0.15) is 0 Å². The van der Waals surface area contributed by atoms with Crippen LogP contribution in [-0.4, -0.2) is 11.5 Å². The van der Waals surface area contributed by atoms with E-state index in [1.807, 2.05) is 25.1 Å². The molecule has 0 amide bonds. The summed E-state index contributed by atoms with van der Waals surface area (Å²) in [6.07, 6.45) is 1.78. The zero-order chi connectivity index (χ0) is 15.2. The second-order valence-corrected chi connectivity index (χ2v) is 5.82. The SMILES string of the molecule is Cc1ccc(Oc2cccnc2C)c(CNCC(C)C)c1. The first-order valence-electron chi connectivity index (χ1n) is 7.46. The van der Waals surface area contributed by atoms with Crippen molar-refractivity contribution >= 4 is 0 Å². The molecular weight excluding hydrogens is 260 g/mol. The molecule has 0 saturated carbocycles. The normalized spacial score (nSPS) is 10.9. The van der Waals surface area contributed by atoms with Crippen LogP contribution in [0.4, 0.5) is 0 Å². The minimum absolute atomic E-state index is 0.639. The molecule has 1 aromatic carbocycles. The second kappa shape index (κ2) is 7.23. The molecule has 1 aromatic heterocycles. The van der Waals surface area contributed by atoms with Crippen molar-refractivity contribution in [2.24, 2.45) is 5.92 Å². The summed E-state index contributed by atoms with van der Waals surface area (Å²) in [5.41, 5.74) is 3.32. The second-order valence-electron chi connectivity index (χ2n) is 5.82. The van der Waals surface area contributed by atoms with Crippen LogP contribution in [0.25, 0.3) is 0 Å². The third-order valence-corrected chi connectivity index (χ3v) is 3.26. The molecule has 0 fully saturated rings. The van der Waals surface area contributed by atoms with Gasteiger partial charge in [-0.1, -0.05) is 31.5 Å². The average Bonchev–Trinajstić information content (AvgIpc) is 2.43. The van der Waals surface area contributed by atoms with Crippen LogP contribution in [0.5, 0.6) is 11.5 Å². The van der Waals surface area contributed by atoms with Crippen molar-refractivity contribution in [1.29, 1.82) is 0 Å². The van der Waals surface area contributed by atoms with Crippen molar-refractivity contribution in [3.8, 4) is 11.5 Å². The lowest BCUT2D eigenvalue weighted by atomic mass is 10.1.